The summed E-state index contributed by atoms with van der Waals surface area (Å²) in [6.07, 6.45) is 7.28. The van der Waals surface area contributed by atoms with Crippen molar-refractivity contribution in [1.29, 1.82) is 0 Å². The number of ether oxygens (including phenoxy) is 1. The number of nitrogens with two attached hydrogens (primary N) is 1. The van der Waals surface area contributed by atoms with Gasteiger partial charge in [-0.3, -0.25) is 9.59 Å². The van der Waals surface area contributed by atoms with Crippen LogP contribution in [-0.2, 0) is 14.3 Å². The number of carbonyl (C=O) groups excluding carboxylic acids is 2. The molecule has 4 heteroatoms. The van der Waals surface area contributed by atoms with Crippen molar-refractivity contribution >= 4 is 12.4 Å². The fraction of sp³-hybridized carbons (Fsp3) is 0.800. The molecule has 0 bridgehead atoms. The summed E-state index contributed by atoms with van der Waals surface area (Å²) in [6, 6.07) is 0. The highest BCUT2D eigenvalue weighted by atomic mass is 16.5. The number of rotatable bonds is 1. The molecule has 0 aromatic rings. The fourth-order valence-corrected chi connectivity index (χ4v) is 1.68. The Morgan fingerprint density at radius 1 is 1.29 bits per heavy atom. The number of amides is 1. The summed E-state index contributed by atoms with van der Waals surface area (Å²) in [7, 11) is 1.48. The first-order valence-electron chi connectivity index (χ1n) is 4.99. The molecule has 0 radical (unpaired) electrons. The second kappa shape index (κ2) is 8.53. The maximum Gasteiger partial charge on any atom is 0.308 e. The van der Waals surface area contributed by atoms with Gasteiger partial charge < -0.3 is 10.5 Å². The SMILES string of the molecule is COC(=O)C1CCCCCC1.NC=O. The molecular formula is C10H19NO3. The third-order valence-electron chi connectivity index (χ3n) is 2.39. The van der Waals surface area contributed by atoms with Crippen LogP contribution in [0.25, 0.3) is 0 Å². The zero-order valence-corrected chi connectivity index (χ0v) is 8.70. The minimum Gasteiger partial charge on any atom is -0.469 e. The standard InChI is InChI=1S/C9H16O2.CH3NO/c1-11-9(10)8-6-4-2-3-5-7-8;2-1-3/h8H,2-7H2,1H3;1H,(H2,2,3). The first-order valence-corrected chi connectivity index (χ1v) is 4.99. The summed E-state index contributed by atoms with van der Waals surface area (Å²) in [6.45, 7) is 0. The molecule has 0 aromatic heterocycles. The van der Waals surface area contributed by atoms with E-state index in [4.69, 9.17) is 9.53 Å². The van der Waals surface area contributed by atoms with E-state index in [1.165, 1.54) is 32.8 Å². The minimum absolute atomic E-state index is 0.00750. The predicted octanol–water partition coefficient (Wildman–Crippen LogP) is 1.23. The Kier molecular flexibility index (Phi) is 7.89. The molecule has 1 fully saturated rings. The highest BCUT2D eigenvalue weighted by molar-refractivity contribution is 5.72. The van der Waals surface area contributed by atoms with E-state index in [9.17, 15) is 4.79 Å². The van der Waals surface area contributed by atoms with Gasteiger partial charge in [-0.15, -0.1) is 0 Å². The summed E-state index contributed by atoms with van der Waals surface area (Å²) >= 11 is 0. The molecule has 1 aliphatic carbocycles. The summed E-state index contributed by atoms with van der Waals surface area (Å²) in [5.41, 5.74) is 4.17. The molecule has 0 aliphatic heterocycles. The molecule has 4 nitrogen and oxygen atoms in total. The lowest BCUT2D eigenvalue weighted by Gasteiger charge is -2.09. The largest absolute Gasteiger partial charge is 0.469 e. The van der Waals surface area contributed by atoms with Crippen molar-refractivity contribution in [3.8, 4) is 0 Å². The Morgan fingerprint density at radius 3 is 2.07 bits per heavy atom. The van der Waals surface area contributed by atoms with Gasteiger partial charge in [-0.05, 0) is 12.8 Å². The monoisotopic (exact) mass is 201 g/mol. The van der Waals surface area contributed by atoms with Gasteiger partial charge in [0.05, 0.1) is 13.0 Å². The van der Waals surface area contributed by atoms with Gasteiger partial charge in [0.1, 0.15) is 0 Å². The molecule has 0 atom stereocenters. The predicted molar refractivity (Wildman–Crippen MR) is 53.5 cm³/mol. The number of esters is 1. The van der Waals surface area contributed by atoms with Crippen LogP contribution in [0.1, 0.15) is 38.5 Å². The molecule has 1 amide bonds. The number of carbonyl (C=O) groups is 2. The van der Waals surface area contributed by atoms with Gasteiger partial charge in [0.25, 0.3) is 0 Å². The third kappa shape index (κ3) is 5.56. The van der Waals surface area contributed by atoms with E-state index < -0.39 is 0 Å². The molecule has 0 heterocycles. The van der Waals surface area contributed by atoms with Crippen molar-refractivity contribution in [1.82, 2.24) is 0 Å². The van der Waals surface area contributed by atoms with E-state index in [1.807, 2.05) is 0 Å². The van der Waals surface area contributed by atoms with E-state index in [0.29, 0.717) is 0 Å². The quantitative estimate of drug-likeness (QED) is 0.394. The Morgan fingerprint density at radius 2 is 1.71 bits per heavy atom. The van der Waals surface area contributed by atoms with Gasteiger partial charge in [-0.2, -0.15) is 0 Å². The van der Waals surface area contributed by atoms with Crippen LogP contribution in [-0.4, -0.2) is 19.5 Å². The van der Waals surface area contributed by atoms with Crippen molar-refractivity contribution in [3.05, 3.63) is 0 Å². The lowest BCUT2D eigenvalue weighted by atomic mass is 10.0. The average Bonchev–Trinajstić information content (AvgIpc) is 2.46. The van der Waals surface area contributed by atoms with Crippen LogP contribution in [0.15, 0.2) is 0 Å². The summed E-state index contributed by atoms with van der Waals surface area (Å²) in [5, 5.41) is 0. The summed E-state index contributed by atoms with van der Waals surface area (Å²) in [5.74, 6) is 0.189. The lowest BCUT2D eigenvalue weighted by Crippen LogP contribution is -2.14. The van der Waals surface area contributed by atoms with E-state index in [2.05, 4.69) is 5.73 Å². The topological polar surface area (TPSA) is 69.4 Å². The van der Waals surface area contributed by atoms with Gasteiger partial charge in [-0.25, -0.2) is 0 Å². The van der Waals surface area contributed by atoms with Crippen molar-refractivity contribution in [2.24, 2.45) is 11.7 Å². The van der Waals surface area contributed by atoms with Crippen LogP contribution < -0.4 is 5.73 Å². The molecule has 1 rings (SSSR count). The zero-order valence-electron chi connectivity index (χ0n) is 8.70. The van der Waals surface area contributed by atoms with Crippen molar-refractivity contribution < 1.29 is 14.3 Å². The van der Waals surface area contributed by atoms with E-state index >= 15 is 0 Å². The molecule has 1 aliphatic rings. The first-order chi connectivity index (χ1) is 6.76. The van der Waals surface area contributed by atoms with Crippen molar-refractivity contribution in [2.45, 2.75) is 38.5 Å². The average molecular weight is 201 g/mol. The van der Waals surface area contributed by atoms with Crippen LogP contribution in [0.3, 0.4) is 0 Å². The number of hydrogen-bond acceptors (Lipinski definition) is 3. The molecule has 2 N–H and O–H groups in total. The highest BCUT2D eigenvalue weighted by Crippen LogP contribution is 2.23. The Labute approximate surface area is 84.8 Å². The number of methoxy groups -OCH3 is 1. The van der Waals surface area contributed by atoms with Crippen LogP contribution in [0, 0.1) is 5.92 Å². The first kappa shape index (κ1) is 12.9. The third-order valence-corrected chi connectivity index (χ3v) is 2.39. The number of primary amides is 1. The molecule has 0 saturated heterocycles. The maximum absolute atomic E-state index is 11.1. The lowest BCUT2D eigenvalue weighted by molar-refractivity contribution is -0.145. The van der Waals surface area contributed by atoms with E-state index in [-0.39, 0.29) is 18.3 Å². The van der Waals surface area contributed by atoms with Crippen LogP contribution in [0.4, 0.5) is 0 Å². The molecule has 82 valence electrons. The van der Waals surface area contributed by atoms with Crippen molar-refractivity contribution in [3.63, 3.8) is 0 Å². The van der Waals surface area contributed by atoms with E-state index in [0.717, 1.165) is 12.8 Å². The van der Waals surface area contributed by atoms with Gasteiger partial charge in [0.2, 0.25) is 6.41 Å². The molecular weight excluding hydrogens is 182 g/mol. The van der Waals surface area contributed by atoms with Gasteiger partial charge >= 0.3 is 5.97 Å². The maximum atomic E-state index is 11.1. The summed E-state index contributed by atoms with van der Waals surface area (Å²) < 4.78 is 4.71. The Hall–Kier alpha value is -1.06. The number of hydrogen-bond donors (Lipinski definition) is 1. The normalized spacial score (nSPS) is 17.2. The highest BCUT2D eigenvalue weighted by Gasteiger charge is 2.19. The van der Waals surface area contributed by atoms with Crippen molar-refractivity contribution in [2.75, 3.05) is 7.11 Å². The molecule has 0 spiro atoms. The fourth-order valence-electron chi connectivity index (χ4n) is 1.68. The van der Waals surface area contributed by atoms with Gasteiger partial charge in [0.15, 0.2) is 0 Å². The van der Waals surface area contributed by atoms with Crippen LogP contribution >= 0.6 is 0 Å². The van der Waals surface area contributed by atoms with Gasteiger partial charge in [-0.1, -0.05) is 25.7 Å². The smallest absolute Gasteiger partial charge is 0.308 e. The summed E-state index contributed by atoms with van der Waals surface area (Å²) in [4.78, 5) is 19.7. The van der Waals surface area contributed by atoms with Crippen LogP contribution in [0.5, 0.6) is 0 Å². The zero-order chi connectivity index (χ0) is 10.8. The minimum atomic E-state index is -0.00750. The molecule has 0 unspecified atom stereocenters. The second-order valence-corrected chi connectivity index (χ2v) is 3.35. The molecule has 0 aromatic carbocycles. The van der Waals surface area contributed by atoms with E-state index in [1.54, 1.807) is 0 Å². The van der Waals surface area contributed by atoms with Crippen LogP contribution in [0.2, 0.25) is 0 Å². The Bertz CT molecular complexity index is 163. The van der Waals surface area contributed by atoms with Gasteiger partial charge in [0, 0.05) is 0 Å². The molecule has 14 heavy (non-hydrogen) atoms. The second-order valence-electron chi connectivity index (χ2n) is 3.35. The Balaban J connectivity index is 0.000000500. The molecule has 1 saturated carbocycles.